The first-order valence-corrected chi connectivity index (χ1v) is 8.17. The zero-order valence-electron chi connectivity index (χ0n) is 15.1. The van der Waals surface area contributed by atoms with Crippen LogP contribution in [0.5, 0.6) is 5.75 Å². The van der Waals surface area contributed by atoms with Gasteiger partial charge in [0.15, 0.2) is 6.10 Å². The number of carbonyl (C=O) groups excluding carboxylic acids is 3. The molecule has 7 nitrogen and oxygen atoms in total. The van der Waals surface area contributed by atoms with Gasteiger partial charge in [0.1, 0.15) is 11.3 Å². The highest BCUT2D eigenvalue weighted by Gasteiger charge is 2.28. The van der Waals surface area contributed by atoms with Gasteiger partial charge in [0, 0.05) is 5.69 Å². The standard InChI is InChI=1S/C19H21NO6/c1-5-25-19(24)15-10(2)16(20-11(15)3)17(22)12(4)26-18(23)13-8-6-7-9-14(13)21/h6-9,12,20-21H,5H2,1-4H3/t12-/m1/s1. The molecule has 7 heteroatoms. The number of Topliss-reactive ketones (excluding diaryl/α,β-unsaturated/α-hetero) is 1. The number of hydrogen-bond acceptors (Lipinski definition) is 6. The van der Waals surface area contributed by atoms with Gasteiger partial charge in [-0.2, -0.15) is 0 Å². The third-order valence-corrected chi connectivity index (χ3v) is 3.94. The van der Waals surface area contributed by atoms with Crippen LogP contribution in [0.15, 0.2) is 24.3 Å². The SMILES string of the molecule is CCOC(=O)c1c(C)[nH]c(C(=O)[C@@H](C)OC(=O)c2ccccc2O)c1C. The lowest BCUT2D eigenvalue weighted by atomic mass is 10.1. The van der Waals surface area contributed by atoms with E-state index in [1.807, 2.05) is 0 Å². The Morgan fingerprint density at radius 2 is 1.81 bits per heavy atom. The molecule has 0 saturated carbocycles. The Morgan fingerprint density at radius 3 is 2.42 bits per heavy atom. The lowest BCUT2D eigenvalue weighted by molar-refractivity contribution is 0.0314. The smallest absolute Gasteiger partial charge is 0.342 e. The Morgan fingerprint density at radius 1 is 1.15 bits per heavy atom. The Bertz CT molecular complexity index is 852. The zero-order valence-corrected chi connectivity index (χ0v) is 15.1. The molecule has 0 bridgehead atoms. The highest BCUT2D eigenvalue weighted by atomic mass is 16.5. The molecular weight excluding hydrogens is 338 g/mol. The van der Waals surface area contributed by atoms with E-state index in [2.05, 4.69) is 4.98 Å². The highest BCUT2D eigenvalue weighted by Crippen LogP contribution is 2.22. The summed E-state index contributed by atoms with van der Waals surface area (Å²) in [5, 5.41) is 9.70. The minimum atomic E-state index is -1.10. The van der Waals surface area contributed by atoms with Crippen molar-refractivity contribution in [3.63, 3.8) is 0 Å². The van der Waals surface area contributed by atoms with Crippen molar-refractivity contribution in [3.8, 4) is 5.75 Å². The molecule has 1 atom stereocenters. The number of aromatic hydroxyl groups is 1. The normalized spacial score (nSPS) is 11.7. The molecule has 0 spiro atoms. The van der Waals surface area contributed by atoms with Gasteiger partial charge in [-0.3, -0.25) is 4.79 Å². The maximum atomic E-state index is 12.6. The number of phenols is 1. The molecule has 1 aromatic carbocycles. The third kappa shape index (κ3) is 3.77. The van der Waals surface area contributed by atoms with Crippen LogP contribution in [0.2, 0.25) is 0 Å². The predicted molar refractivity (Wildman–Crippen MR) is 93.5 cm³/mol. The van der Waals surface area contributed by atoms with Crippen LogP contribution in [0.3, 0.4) is 0 Å². The second kappa shape index (κ2) is 7.86. The Balaban J connectivity index is 2.21. The van der Waals surface area contributed by atoms with Crippen molar-refractivity contribution in [3.05, 3.63) is 52.3 Å². The first-order chi connectivity index (χ1) is 12.3. The van der Waals surface area contributed by atoms with Crippen molar-refractivity contribution >= 4 is 17.7 Å². The van der Waals surface area contributed by atoms with E-state index >= 15 is 0 Å². The van der Waals surface area contributed by atoms with Gasteiger partial charge in [-0.05, 0) is 45.4 Å². The number of phenolic OH excluding ortho intramolecular Hbond substituents is 1. The van der Waals surface area contributed by atoms with Crippen LogP contribution in [0.4, 0.5) is 0 Å². The maximum absolute atomic E-state index is 12.6. The number of H-pyrrole nitrogens is 1. The molecule has 138 valence electrons. The highest BCUT2D eigenvalue weighted by molar-refractivity contribution is 6.04. The van der Waals surface area contributed by atoms with Crippen LogP contribution in [-0.4, -0.2) is 40.5 Å². The Hall–Kier alpha value is -3.09. The van der Waals surface area contributed by atoms with Crippen LogP contribution in [0.1, 0.15) is 56.3 Å². The average Bonchev–Trinajstić information content (AvgIpc) is 2.89. The van der Waals surface area contributed by atoms with Crippen molar-refractivity contribution in [2.75, 3.05) is 6.61 Å². The van der Waals surface area contributed by atoms with Gasteiger partial charge >= 0.3 is 11.9 Å². The van der Waals surface area contributed by atoms with Gasteiger partial charge in [0.2, 0.25) is 5.78 Å². The van der Waals surface area contributed by atoms with E-state index in [1.54, 1.807) is 32.9 Å². The summed E-state index contributed by atoms with van der Waals surface area (Å²) in [6.45, 7) is 6.64. The molecule has 0 fully saturated rings. The molecule has 0 saturated heterocycles. The van der Waals surface area contributed by atoms with E-state index in [1.165, 1.54) is 19.1 Å². The zero-order chi connectivity index (χ0) is 19.4. The van der Waals surface area contributed by atoms with Crippen LogP contribution in [0, 0.1) is 13.8 Å². The van der Waals surface area contributed by atoms with Crippen molar-refractivity contribution < 1.29 is 29.0 Å². The number of ether oxygens (including phenoxy) is 2. The van der Waals surface area contributed by atoms with Gasteiger partial charge in [-0.1, -0.05) is 12.1 Å². The summed E-state index contributed by atoms with van der Waals surface area (Å²) in [7, 11) is 0. The number of hydrogen-bond donors (Lipinski definition) is 2. The maximum Gasteiger partial charge on any atom is 0.342 e. The van der Waals surface area contributed by atoms with Crippen molar-refractivity contribution in [1.82, 2.24) is 4.98 Å². The number of para-hydroxylation sites is 1. The largest absolute Gasteiger partial charge is 0.507 e. The van der Waals surface area contributed by atoms with Crippen LogP contribution in [-0.2, 0) is 9.47 Å². The minimum absolute atomic E-state index is 0.0289. The van der Waals surface area contributed by atoms with Gasteiger partial charge in [0.05, 0.1) is 17.9 Å². The van der Waals surface area contributed by atoms with Gasteiger partial charge in [-0.15, -0.1) is 0 Å². The molecule has 0 unspecified atom stereocenters. The Kier molecular flexibility index (Phi) is 5.82. The number of esters is 2. The number of aryl methyl sites for hydroxylation is 1. The summed E-state index contributed by atoms with van der Waals surface area (Å²) >= 11 is 0. The van der Waals surface area contributed by atoms with E-state index in [0.29, 0.717) is 16.8 Å². The summed E-state index contributed by atoms with van der Waals surface area (Å²) in [5.41, 5.74) is 1.40. The molecule has 26 heavy (non-hydrogen) atoms. The number of aromatic nitrogens is 1. The summed E-state index contributed by atoms with van der Waals surface area (Å²) < 4.78 is 10.2. The first-order valence-electron chi connectivity index (χ1n) is 8.17. The van der Waals surface area contributed by atoms with Crippen LogP contribution in [0.25, 0.3) is 0 Å². The number of ketones is 1. The van der Waals surface area contributed by atoms with Crippen LogP contribution >= 0.6 is 0 Å². The van der Waals surface area contributed by atoms with Crippen molar-refractivity contribution in [1.29, 1.82) is 0 Å². The van der Waals surface area contributed by atoms with Crippen molar-refractivity contribution in [2.45, 2.75) is 33.8 Å². The number of rotatable bonds is 6. The summed E-state index contributed by atoms with van der Waals surface area (Å²) in [6.07, 6.45) is -1.10. The molecule has 0 amide bonds. The van der Waals surface area contributed by atoms with Gasteiger partial charge in [0.25, 0.3) is 0 Å². The average molecular weight is 359 g/mol. The molecule has 0 aliphatic rings. The topological polar surface area (TPSA) is 106 Å². The first kappa shape index (κ1) is 19.2. The van der Waals surface area contributed by atoms with E-state index < -0.39 is 23.8 Å². The number of benzene rings is 1. The summed E-state index contributed by atoms with van der Waals surface area (Å²) in [5.74, 6) is -2.04. The number of carbonyl (C=O) groups is 3. The predicted octanol–water partition coefficient (Wildman–Crippen LogP) is 2.94. The van der Waals surface area contributed by atoms with Crippen molar-refractivity contribution in [2.24, 2.45) is 0 Å². The fraction of sp³-hybridized carbons (Fsp3) is 0.316. The van der Waals surface area contributed by atoms with E-state index in [4.69, 9.17) is 9.47 Å². The summed E-state index contributed by atoms with van der Waals surface area (Å²) in [6, 6.07) is 5.90. The monoisotopic (exact) mass is 359 g/mol. The van der Waals surface area contributed by atoms with Gasteiger partial charge in [-0.25, -0.2) is 9.59 Å². The lowest BCUT2D eigenvalue weighted by Crippen LogP contribution is -2.25. The molecule has 2 aromatic rings. The fourth-order valence-electron chi connectivity index (χ4n) is 2.63. The van der Waals surface area contributed by atoms with E-state index in [9.17, 15) is 19.5 Å². The minimum Gasteiger partial charge on any atom is -0.507 e. The second-order valence-corrected chi connectivity index (χ2v) is 5.77. The summed E-state index contributed by atoms with van der Waals surface area (Å²) in [4.78, 5) is 39.7. The number of aromatic amines is 1. The Labute approximate surface area is 150 Å². The molecule has 2 N–H and O–H groups in total. The van der Waals surface area contributed by atoms with E-state index in [0.717, 1.165) is 0 Å². The second-order valence-electron chi connectivity index (χ2n) is 5.77. The molecule has 1 heterocycles. The molecule has 1 aromatic heterocycles. The van der Waals surface area contributed by atoms with E-state index in [-0.39, 0.29) is 23.6 Å². The molecule has 0 aliphatic heterocycles. The third-order valence-electron chi connectivity index (χ3n) is 3.94. The van der Waals surface area contributed by atoms with Gasteiger partial charge < -0.3 is 19.6 Å². The quantitative estimate of drug-likeness (QED) is 0.607. The molecule has 0 aliphatic carbocycles. The van der Waals surface area contributed by atoms with Crippen LogP contribution < -0.4 is 0 Å². The molecule has 0 radical (unpaired) electrons. The molecule has 2 rings (SSSR count). The molecular formula is C19H21NO6. The fourth-order valence-corrected chi connectivity index (χ4v) is 2.63. The number of nitrogens with one attached hydrogen (secondary N) is 1. The lowest BCUT2D eigenvalue weighted by Gasteiger charge is -2.13.